The summed E-state index contributed by atoms with van der Waals surface area (Å²) < 4.78 is 40.6. The van der Waals surface area contributed by atoms with E-state index in [9.17, 15) is 22.7 Å². The number of nitrogens with one attached hydrogen (secondary N) is 1. The number of pyridine rings is 1. The van der Waals surface area contributed by atoms with E-state index in [2.05, 4.69) is 9.71 Å². The zero-order chi connectivity index (χ0) is 21.9. The molecule has 10 heteroatoms. The van der Waals surface area contributed by atoms with Crippen LogP contribution in [0.15, 0.2) is 64.6 Å². The SMILES string of the molecule is Cc1ccc(S(=O)(=O)Nc2ccc(SCc3ccc(F)cc3Cl)nc2)cc1C(=O)O. The second-order valence-electron chi connectivity index (χ2n) is 6.30. The van der Waals surface area contributed by atoms with Crippen molar-refractivity contribution in [1.82, 2.24) is 4.98 Å². The number of anilines is 1. The number of carbonyl (C=O) groups is 1. The smallest absolute Gasteiger partial charge is 0.335 e. The largest absolute Gasteiger partial charge is 0.478 e. The molecule has 0 bridgehead atoms. The molecule has 0 aliphatic carbocycles. The Morgan fingerprint density at radius 1 is 1.20 bits per heavy atom. The second kappa shape index (κ2) is 9.03. The molecule has 0 amide bonds. The van der Waals surface area contributed by atoms with Gasteiger partial charge in [0.25, 0.3) is 10.0 Å². The fourth-order valence-corrected chi connectivity index (χ4v) is 4.76. The fraction of sp³-hybridized carbons (Fsp3) is 0.100. The Labute approximate surface area is 182 Å². The van der Waals surface area contributed by atoms with Crippen molar-refractivity contribution in [3.63, 3.8) is 0 Å². The van der Waals surface area contributed by atoms with E-state index in [0.717, 1.165) is 11.6 Å². The van der Waals surface area contributed by atoms with Crippen LogP contribution in [0.25, 0.3) is 0 Å². The minimum Gasteiger partial charge on any atom is -0.478 e. The quantitative estimate of drug-likeness (QED) is 0.477. The van der Waals surface area contributed by atoms with Gasteiger partial charge in [-0.25, -0.2) is 22.6 Å². The first-order valence-electron chi connectivity index (χ1n) is 8.55. The lowest BCUT2D eigenvalue weighted by molar-refractivity contribution is 0.0696. The molecule has 2 aromatic carbocycles. The van der Waals surface area contributed by atoms with Gasteiger partial charge in [0.15, 0.2) is 0 Å². The maximum absolute atomic E-state index is 13.1. The van der Waals surface area contributed by atoms with Crippen LogP contribution in [0, 0.1) is 12.7 Å². The Morgan fingerprint density at radius 3 is 2.60 bits per heavy atom. The highest BCUT2D eigenvalue weighted by Gasteiger charge is 2.18. The number of carboxylic acids is 1. The van der Waals surface area contributed by atoms with Crippen molar-refractivity contribution in [2.75, 3.05) is 4.72 Å². The van der Waals surface area contributed by atoms with Gasteiger partial charge < -0.3 is 5.11 Å². The van der Waals surface area contributed by atoms with Crippen LogP contribution in [-0.4, -0.2) is 24.5 Å². The number of thioether (sulfide) groups is 1. The minimum atomic E-state index is -3.98. The molecule has 0 radical (unpaired) electrons. The number of sulfonamides is 1. The van der Waals surface area contributed by atoms with E-state index in [1.807, 2.05) is 0 Å². The van der Waals surface area contributed by atoms with Gasteiger partial charge in [-0.05, 0) is 54.4 Å². The molecule has 6 nitrogen and oxygen atoms in total. The molecule has 1 heterocycles. The zero-order valence-electron chi connectivity index (χ0n) is 15.6. The second-order valence-corrected chi connectivity index (χ2v) is 9.38. The summed E-state index contributed by atoms with van der Waals surface area (Å²) in [4.78, 5) is 15.3. The minimum absolute atomic E-state index is 0.0813. The summed E-state index contributed by atoms with van der Waals surface area (Å²) in [5.41, 5.74) is 1.37. The molecule has 0 aliphatic rings. The number of hydrogen-bond acceptors (Lipinski definition) is 5. The third-order valence-electron chi connectivity index (χ3n) is 4.13. The molecule has 0 saturated heterocycles. The number of halogens is 2. The maximum atomic E-state index is 13.1. The molecule has 3 aromatic rings. The van der Waals surface area contributed by atoms with Crippen LogP contribution < -0.4 is 4.72 Å². The molecule has 0 fully saturated rings. The van der Waals surface area contributed by atoms with Gasteiger partial charge in [0, 0.05) is 10.8 Å². The molecule has 0 spiro atoms. The van der Waals surface area contributed by atoms with E-state index < -0.39 is 21.8 Å². The first-order valence-corrected chi connectivity index (χ1v) is 11.4. The standard InChI is InChI=1S/C20H16ClFN2O4S2/c1-12-2-6-16(9-17(12)20(25)26)30(27,28)24-15-5-7-19(23-10-15)29-11-13-3-4-14(22)8-18(13)21/h2-10,24H,11H2,1H3,(H,25,26). The molecule has 0 aliphatic heterocycles. The molecule has 2 N–H and O–H groups in total. The molecule has 3 rings (SSSR count). The van der Waals surface area contributed by atoms with Crippen LogP contribution in [-0.2, 0) is 15.8 Å². The van der Waals surface area contributed by atoms with E-state index in [0.29, 0.717) is 21.4 Å². The zero-order valence-corrected chi connectivity index (χ0v) is 18.0. The first kappa shape index (κ1) is 22.1. The highest BCUT2D eigenvalue weighted by atomic mass is 35.5. The van der Waals surface area contributed by atoms with Gasteiger partial charge in [-0.3, -0.25) is 4.72 Å². The van der Waals surface area contributed by atoms with Crippen molar-refractivity contribution in [3.8, 4) is 0 Å². The van der Waals surface area contributed by atoms with Crippen LogP contribution in [0.1, 0.15) is 21.5 Å². The summed E-state index contributed by atoms with van der Waals surface area (Å²) in [6.45, 7) is 1.59. The van der Waals surface area contributed by atoms with Gasteiger partial charge in [-0.1, -0.05) is 23.7 Å². The summed E-state index contributed by atoms with van der Waals surface area (Å²) in [6.07, 6.45) is 1.36. The Hall–Kier alpha value is -2.62. The number of aryl methyl sites for hydroxylation is 1. The van der Waals surface area contributed by atoms with E-state index in [1.165, 1.54) is 42.2 Å². The summed E-state index contributed by atoms with van der Waals surface area (Å²) in [6, 6.07) is 11.2. The predicted octanol–water partition coefficient (Wildman–Crippen LogP) is 4.97. The van der Waals surface area contributed by atoms with E-state index in [4.69, 9.17) is 11.6 Å². The van der Waals surface area contributed by atoms with Gasteiger partial charge in [0.1, 0.15) is 5.82 Å². The first-order chi connectivity index (χ1) is 14.2. The number of nitrogens with zero attached hydrogens (tertiary/aromatic N) is 1. The van der Waals surface area contributed by atoms with Gasteiger partial charge in [-0.2, -0.15) is 0 Å². The molecule has 0 unspecified atom stereocenters. The van der Waals surface area contributed by atoms with Crippen LogP contribution in [0.4, 0.5) is 10.1 Å². The Kier molecular flexibility index (Phi) is 6.64. The van der Waals surface area contributed by atoms with Crippen molar-refractivity contribution in [1.29, 1.82) is 0 Å². The number of benzene rings is 2. The van der Waals surface area contributed by atoms with Crippen LogP contribution >= 0.6 is 23.4 Å². The topological polar surface area (TPSA) is 96.4 Å². The Balaban J connectivity index is 1.70. The van der Waals surface area contributed by atoms with Gasteiger partial charge in [0.2, 0.25) is 0 Å². The number of hydrogen-bond donors (Lipinski definition) is 2. The van der Waals surface area contributed by atoms with E-state index in [1.54, 1.807) is 25.1 Å². The average molecular weight is 467 g/mol. The summed E-state index contributed by atoms with van der Waals surface area (Å²) in [7, 11) is -3.98. The molecule has 30 heavy (non-hydrogen) atoms. The lowest BCUT2D eigenvalue weighted by Gasteiger charge is -2.10. The number of carboxylic acid groups (broad SMARTS) is 1. The molecule has 156 valence electrons. The van der Waals surface area contributed by atoms with Crippen LogP contribution in [0.2, 0.25) is 5.02 Å². The van der Waals surface area contributed by atoms with Gasteiger partial charge >= 0.3 is 5.97 Å². The van der Waals surface area contributed by atoms with Crippen molar-refractivity contribution in [2.45, 2.75) is 22.6 Å². The number of aromatic nitrogens is 1. The fourth-order valence-electron chi connectivity index (χ4n) is 2.53. The normalized spacial score (nSPS) is 11.3. The Morgan fingerprint density at radius 2 is 1.97 bits per heavy atom. The average Bonchev–Trinajstić information content (AvgIpc) is 2.68. The molecular formula is C20H16ClFN2O4S2. The van der Waals surface area contributed by atoms with Crippen molar-refractivity contribution < 1.29 is 22.7 Å². The third kappa shape index (κ3) is 5.29. The number of rotatable bonds is 7. The summed E-state index contributed by atoms with van der Waals surface area (Å²) in [5.74, 6) is -1.14. The lowest BCUT2D eigenvalue weighted by Crippen LogP contribution is -2.14. The maximum Gasteiger partial charge on any atom is 0.335 e. The summed E-state index contributed by atoms with van der Waals surface area (Å²) >= 11 is 7.37. The lowest BCUT2D eigenvalue weighted by atomic mass is 10.1. The monoisotopic (exact) mass is 466 g/mol. The van der Waals surface area contributed by atoms with Gasteiger partial charge in [0.05, 0.1) is 27.4 Å². The molecular weight excluding hydrogens is 451 g/mol. The van der Waals surface area contributed by atoms with Crippen LogP contribution in [0.5, 0.6) is 0 Å². The summed E-state index contributed by atoms with van der Waals surface area (Å²) in [5, 5.41) is 10.1. The molecule has 0 atom stereocenters. The Bertz CT molecular complexity index is 1200. The predicted molar refractivity (Wildman–Crippen MR) is 114 cm³/mol. The third-order valence-corrected chi connectivity index (χ3v) is 6.85. The highest BCUT2D eigenvalue weighted by Crippen LogP contribution is 2.27. The molecule has 1 aromatic heterocycles. The van der Waals surface area contributed by atoms with Gasteiger partial charge in [-0.15, -0.1) is 11.8 Å². The van der Waals surface area contributed by atoms with Crippen molar-refractivity contribution in [2.24, 2.45) is 0 Å². The van der Waals surface area contributed by atoms with Crippen molar-refractivity contribution >= 4 is 45.0 Å². The number of aromatic carboxylic acids is 1. The highest BCUT2D eigenvalue weighted by molar-refractivity contribution is 7.98. The molecule has 0 saturated carbocycles. The van der Waals surface area contributed by atoms with Crippen molar-refractivity contribution in [3.05, 3.63) is 82.3 Å². The van der Waals surface area contributed by atoms with Crippen LogP contribution in [0.3, 0.4) is 0 Å². The van der Waals surface area contributed by atoms with E-state index >= 15 is 0 Å². The van der Waals surface area contributed by atoms with E-state index in [-0.39, 0.29) is 16.1 Å².